The second kappa shape index (κ2) is 3.49. The minimum absolute atomic E-state index is 0.382. The maximum absolute atomic E-state index is 6.79. The molecular weight excluding hydrogens is 162 g/mol. The molecule has 1 unspecified atom stereocenters. The van der Waals surface area contributed by atoms with Gasteiger partial charge in [0.1, 0.15) is 5.75 Å². The molecule has 0 saturated heterocycles. The zero-order valence-electron chi connectivity index (χ0n) is 7.36. The average Bonchev–Trinajstić information content (AvgIpc) is 2.18. The number of nitrogens with zero attached hydrogens (tertiary/aromatic N) is 1. The molecule has 0 bridgehead atoms. The van der Waals surface area contributed by atoms with Gasteiger partial charge in [0.05, 0.1) is 12.5 Å². The maximum Gasteiger partial charge on any atom is 0.221 e. The Balaban J connectivity index is 2.16. The molecule has 1 aromatic rings. The summed E-state index contributed by atoms with van der Waals surface area (Å²) < 4.78 is 5.55. The van der Waals surface area contributed by atoms with Gasteiger partial charge in [0.15, 0.2) is 0 Å². The first kappa shape index (κ1) is 8.12. The van der Waals surface area contributed by atoms with Gasteiger partial charge in [0.25, 0.3) is 0 Å². The van der Waals surface area contributed by atoms with Crippen molar-refractivity contribution < 1.29 is 4.74 Å². The van der Waals surface area contributed by atoms with Crippen molar-refractivity contribution >= 4 is 0 Å². The number of rotatable bonds is 1. The molecule has 1 aromatic carbocycles. The van der Waals surface area contributed by atoms with E-state index in [0.717, 1.165) is 12.2 Å². The second-order valence-electron chi connectivity index (χ2n) is 3.33. The van der Waals surface area contributed by atoms with E-state index in [1.807, 2.05) is 18.2 Å². The lowest BCUT2D eigenvalue weighted by molar-refractivity contribution is 0.231. The number of hydrogen-bond acceptors (Lipinski definition) is 1. The van der Waals surface area contributed by atoms with Gasteiger partial charge in [-0.2, -0.15) is 0 Å². The fourth-order valence-corrected chi connectivity index (χ4v) is 1.64. The molecule has 2 rings (SSSR count). The lowest BCUT2D eigenvalue weighted by Gasteiger charge is -2.21. The highest BCUT2D eigenvalue weighted by atomic mass is 16.5. The first-order chi connectivity index (χ1) is 6.40. The summed E-state index contributed by atoms with van der Waals surface area (Å²) in [4.78, 5) is 3.40. The van der Waals surface area contributed by atoms with E-state index in [2.05, 4.69) is 10.9 Å². The predicted molar refractivity (Wildman–Crippen MR) is 50.6 cm³/mol. The van der Waals surface area contributed by atoms with E-state index >= 15 is 0 Å². The fraction of sp³-hybridized carbons (Fsp3) is 0.364. The second-order valence-corrected chi connectivity index (χ2v) is 3.33. The SMILES string of the molecule is [C-]#[N+]CC1COc2ccccc2C1. The maximum atomic E-state index is 6.79. The molecule has 1 atom stereocenters. The van der Waals surface area contributed by atoms with Gasteiger partial charge in [0.2, 0.25) is 6.54 Å². The zero-order chi connectivity index (χ0) is 9.10. The van der Waals surface area contributed by atoms with Crippen molar-refractivity contribution in [3.05, 3.63) is 41.2 Å². The first-order valence-corrected chi connectivity index (χ1v) is 4.44. The van der Waals surface area contributed by atoms with E-state index in [4.69, 9.17) is 11.3 Å². The normalized spacial score (nSPS) is 19.8. The van der Waals surface area contributed by atoms with Crippen LogP contribution in [0.5, 0.6) is 5.75 Å². The van der Waals surface area contributed by atoms with E-state index in [0.29, 0.717) is 19.1 Å². The lowest BCUT2D eigenvalue weighted by Crippen LogP contribution is -2.22. The molecule has 2 heteroatoms. The Hall–Kier alpha value is -1.49. The van der Waals surface area contributed by atoms with Gasteiger partial charge in [-0.05, 0) is 18.1 Å². The Labute approximate surface area is 78.0 Å². The first-order valence-electron chi connectivity index (χ1n) is 4.44. The van der Waals surface area contributed by atoms with Crippen molar-refractivity contribution in [1.82, 2.24) is 0 Å². The highest BCUT2D eigenvalue weighted by molar-refractivity contribution is 5.35. The molecule has 0 saturated carbocycles. The molecule has 0 aliphatic carbocycles. The molecule has 0 amide bonds. The molecular formula is C11H11NO. The molecule has 0 spiro atoms. The molecule has 1 heterocycles. The quantitative estimate of drug-likeness (QED) is 0.593. The van der Waals surface area contributed by atoms with Gasteiger partial charge in [-0.25, -0.2) is 6.57 Å². The van der Waals surface area contributed by atoms with E-state index in [9.17, 15) is 0 Å². The number of para-hydroxylation sites is 1. The van der Waals surface area contributed by atoms with Gasteiger partial charge in [-0.1, -0.05) is 18.2 Å². The topological polar surface area (TPSA) is 13.6 Å². The van der Waals surface area contributed by atoms with Crippen LogP contribution in [0.15, 0.2) is 24.3 Å². The fourth-order valence-electron chi connectivity index (χ4n) is 1.64. The lowest BCUT2D eigenvalue weighted by atomic mass is 9.97. The van der Waals surface area contributed by atoms with Crippen molar-refractivity contribution in [3.8, 4) is 5.75 Å². The Morgan fingerprint density at radius 2 is 2.31 bits per heavy atom. The van der Waals surface area contributed by atoms with Crippen LogP contribution in [0.3, 0.4) is 0 Å². The van der Waals surface area contributed by atoms with E-state index in [1.54, 1.807) is 0 Å². The summed E-state index contributed by atoms with van der Waals surface area (Å²) in [7, 11) is 0. The standard InChI is InChI=1S/C11H11NO/c1-12-7-9-6-10-4-2-3-5-11(10)13-8-9/h2-5,9H,6-8H2. The van der Waals surface area contributed by atoms with Crippen LogP contribution >= 0.6 is 0 Å². The van der Waals surface area contributed by atoms with Crippen LogP contribution in [0.1, 0.15) is 5.56 Å². The van der Waals surface area contributed by atoms with Gasteiger partial charge in [-0.15, -0.1) is 0 Å². The highest BCUT2D eigenvalue weighted by Gasteiger charge is 2.20. The van der Waals surface area contributed by atoms with Crippen LogP contribution < -0.4 is 4.74 Å². The van der Waals surface area contributed by atoms with E-state index in [-0.39, 0.29) is 0 Å². The van der Waals surface area contributed by atoms with Crippen LogP contribution in [0.4, 0.5) is 0 Å². The van der Waals surface area contributed by atoms with Gasteiger partial charge in [-0.3, -0.25) is 0 Å². The van der Waals surface area contributed by atoms with Crippen LogP contribution in [-0.4, -0.2) is 13.2 Å². The summed E-state index contributed by atoms with van der Waals surface area (Å²) in [5.74, 6) is 1.37. The molecule has 1 aliphatic heterocycles. The molecule has 1 aliphatic rings. The third kappa shape index (κ3) is 1.65. The van der Waals surface area contributed by atoms with Crippen molar-refractivity contribution in [1.29, 1.82) is 0 Å². The Kier molecular flexibility index (Phi) is 2.18. The summed E-state index contributed by atoms with van der Waals surface area (Å²) in [6, 6.07) is 8.06. The van der Waals surface area contributed by atoms with Crippen molar-refractivity contribution in [2.24, 2.45) is 5.92 Å². The molecule has 13 heavy (non-hydrogen) atoms. The minimum atomic E-state index is 0.382. The smallest absolute Gasteiger partial charge is 0.221 e. The Bertz CT molecular complexity index is 340. The van der Waals surface area contributed by atoms with Crippen molar-refractivity contribution in [2.45, 2.75) is 6.42 Å². The summed E-state index contributed by atoms with van der Waals surface area (Å²) >= 11 is 0. The highest BCUT2D eigenvalue weighted by Crippen LogP contribution is 2.26. The molecule has 0 aromatic heterocycles. The van der Waals surface area contributed by atoms with Crippen molar-refractivity contribution in [2.75, 3.05) is 13.2 Å². The summed E-state index contributed by atoms with van der Waals surface area (Å²) in [6.07, 6.45) is 0.985. The number of benzene rings is 1. The van der Waals surface area contributed by atoms with Crippen LogP contribution in [-0.2, 0) is 6.42 Å². The van der Waals surface area contributed by atoms with Crippen LogP contribution in [0.25, 0.3) is 4.85 Å². The third-order valence-electron chi connectivity index (χ3n) is 2.31. The van der Waals surface area contributed by atoms with E-state index in [1.165, 1.54) is 5.56 Å². The van der Waals surface area contributed by atoms with Crippen LogP contribution in [0.2, 0.25) is 0 Å². The average molecular weight is 173 g/mol. The van der Waals surface area contributed by atoms with Crippen molar-refractivity contribution in [3.63, 3.8) is 0 Å². The summed E-state index contributed by atoms with van der Waals surface area (Å²) in [5.41, 5.74) is 1.24. The predicted octanol–water partition coefficient (Wildman–Crippen LogP) is 2.16. The number of ether oxygens (including phenoxy) is 1. The summed E-state index contributed by atoms with van der Waals surface area (Å²) in [6.45, 7) is 8.06. The van der Waals surface area contributed by atoms with Crippen LogP contribution in [0, 0.1) is 12.5 Å². The molecule has 0 fully saturated rings. The van der Waals surface area contributed by atoms with E-state index < -0.39 is 0 Å². The summed E-state index contributed by atoms with van der Waals surface area (Å²) in [5, 5.41) is 0. The zero-order valence-corrected chi connectivity index (χ0v) is 7.36. The number of fused-ring (bicyclic) bond motifs is 1. The molecule has 2 nitrogen and oxygen atoms in total. The monoisotopic (exact) mass is 173 g/mol. The molecule has 0 N–H and O–H groups in total. The largest absolute Gasteiger partial charge is 0.493 e. The minimum Gasteiger partial charge on any atom is -0.493 e. The Morgan fingerprint density at radius 1 is 1.46 bits per heavy atom. The van der Waals surface area contributed by atoms with Gasteiger partial charge >= 0.3 is 0 Å². The third-order valence-corrected chi connectivity index (χ3v) is 2.31. The number of hydrogen-bond donors (Lipinski definition) is 0. The molecule has 0 radical (unpaired) electrons. The van der Waals surface area contributed by atoms with Gasteiger partial charge in [0, 0.05) is 0 Å². The molecule has 66 valence electrons. The van der Waals surface area contributed by atoms with Gasteiger partial charge < -0.3 is 9.58 Å². The Morgan fingerprint density at radius 3 is 3.15 bits per heavy atom.